The molecule has 1 aromatic rings. The molecule has 0 bridgehead atoms. The number of hydrogen-bond donors (Lipinski definition) is 2. The molecule has 0 unspecified atom stereocenters. The largest absolute Gasteiger partial charge is 0.449 e. The molecule has 160 valence electrons. The Labute approximate surface area is 170 Å². The van der Waals surface area contributed by atoms with Crippen LogP contribution in [0.3, 0.4) is 0 Å². The number of urea groups is 1. The van der Waals surface area contributed by atoms with Crippen LogP contribution < -0.4 is 10.6 Å². The van der Waals surface area contributed by atoms with Crippen LogP contribution in [-0.4, -0.2) is 55.4 Å². The van der Waals surface area contributed by atoms with Crippen LogP contribution in [0.2, 0.25) is 0 Å². The quantitative estimate of drug-likeness (QED) is 0.692. The molecule has 0 aliphatic carbocycles. The van der Waals surface area contributed by atoms with E-state index in [0.717, 1.165) is 12.8 Å². The molecule has 2 rings (SSSR count). The highest BCUT2D eigenvalue weighted by Gasteiger charge is 2.28. The summed E-state index contributed by atoms with van der Waals surface area (Å²) in [7, 11) is -3.68. The third-order valence-corrected chi connectivity index (χ3v) is 6.05. The van der Waals surface area contributed by atoms with E-state index in [1.165, 1.54) is 35.5 Å². The summed E-state index contributed by atoms with van der Waals surface area (Å²) in [6, 6.07) is 4.79. The number of ether oxygens (including phenoxy) is 1. The van der Waals surface area contributed by atoms with Crippen LogP contribution >= 0.6 is 0 Å². The van der Waals surface area contributed by atoms with Gasteiger partial charge in [0.05, 0.1) is 10.5 Å². The zero-order valence-corrected chi connectivity index (χ0v) is 17.8. The molecule has 10 heteroatoms. The van der Waals surface area contributed by atoms with Crippen molar-refractivity contribution >= 4 is 27.9 Å². The lowest BCUT2D eigenvalue weighted by atomic mass is 10.1. The molecular formula is C19H27N3O6S. The van der Waals surface area contributed by atoms with Gasteiger partial charge in [-0.1, -0.05) is 6.07 Å². The predicted molar refractivity (Wildman–Crippen MR) is 106 cm³/mol. The van der Waals surface area contributed by atoms with Gasteiger partial charge in [0.1, 0.15) is 0 Å². The Morgan fingerprint density at radius 1 is 1.14 bits per heavy atom. The third-order valence-electron chi connectivity index (χ3n) is 4.15. The van der Waals surface area contributed by atoms with Crippen LogP contribution in [0.25, 0.3) is 0 Å². The van der Waals surface area contributed by atoms with Crippen LogP contribution in [0.15, 0.2) is 29.2 Å². The number of carbonyl (C=O) groups excluding carboxylic acids is 3. The Kier molecular flexibility index (Phi) is 7.02. The SMILES string of the molecule is C[C@H](OC(=O)c1cccc(S(=O)(=O)N2CCCC2)c1)C(=O)NC(=O)NC(C)(C)C. The molecule has 3 amide bonds. The summed E-state index contributed by atoms with van der Waals surface area (Å²) < 4.78 is 31.7. The standard InChI is InChI=1S/C19H27N3O6S/c1-13(16(23)20-18(25)21-19(2,3)4)28-17(24)14-8-7-9-15(12-14)29(26,27)22-10-5-6-11-22/h7-9,12-13H,5-6,10-11H2,1-4H3,(H2,20,21,23,25)/t13-/m0/s1. The molecule has 1 atom stereocenters. The van der Waals surface area contributed by atoms with E-state index in [2.05, 4.69) is 10.6 Å². The van der Waals surface area contributed by atoms with Crippen molar-refractivity contribution in [2.24, 2.45) is 0 Å². The van der Waals surface area contributed by atoms with Crippen molar-refractivity contribution in [2.75, 3.05) is 13.1 Å². The fraction of sp³-hybridized carbons (Fsp3) is 0.526. The Balaban J connectivity index is 2.03. The number of benzene rings is 1. The van der Waals surface area contributed by atoms with E-state index < -0.39 is 39.6 Å². The van der Waals surface area contributed by atoms with Crippen molar-refractivity contribution in [3.05, 3.63) is 29.8 Å². The molecule has 1 saturated heterocycles. The number of rotatable bonds is 5. The number of amides is 3. The highest BCUT2D eigenvalue weighted by atomic mass is 32.2. The van der Waals surface area contributed by atoms with Crippen molar-refractivity contribution in [1.82, 2.24) is 14.9 Å². The van der Waals surface area contributed by atoms with Crippen molar-refractivity contribution in [2.45, 2.75) is 57.1 Å². The Bertz CT molecular complexity index is 885. The molecule has 0 radical (unpaired) electrons. The number of carbonyl (C=O) groups is 3. The van der Waals surface area contributed by atoms with Gasteiger partial charge in [0, 0.05) is 18.6 Å². The number of nitrogens with zero attached hydrogens (tertiary/aromatic N) is 1. The number of sulfonamides is 1. The van der Waals surface area contributed by atoms with E-state index in [0.29, 0.717) is 13.1 Å². The number of imide groups is 1. The highest BCUT2D eigenvalue weighted by molar-refractivity contribution is 7.89. The van der Waals surface area contributed by atoms with Gasteiger partial charge in [-0.15, -0.1) is 0 Å². The summed E-state index contributed by atoms with van der Waals surface area (Å²) in [4.78, 5) is 36.2. The minimum absolute atomic E-state index is 0.00376. The fourth-order valence-corrected chi connectivity index (χ4v) is 4.29. The summed E-state index contributed by atoms with van der Waals surface area (Å²) in [6.07, 6.45) is 0.360. The Hall–Kier alpha value is -2.46. The molecule has 2 N–H and O–H groups in total. The monoisotopic (exact) mass is 425 g/mol. The maximum atomic E-state index is 12.6. The van der Waals surface area contributed by atoms with Gasteiger partial charge >= 0.3 is 12.0 Å². The normalized spacial score (nSPS) is 16.1. The first-order valence-corrected chi connectivity index (χ1v) is 10.8. The molecule has 1 aromatic carbocycles. The van der Waals surface area contributed by atoms with E-state index >= 15 is 0 Å². The van der Waals surface area contributed by atoms with Crippen molar-refractivity contribution in [3.63, 3.8) is 0 Å². The molecule has 1 aliphatic heterocycles. The maximum absolute atomic E-state index is 12.6. The van der Waals surface area contributed by atoms with E-state index in [9.17, 15) is 22.8 Å². The first-order valence-electron chi connectivity index (χ1n) is 9.34. The average molecular weight is 426 g/mol. The zero-order valence-electron chi connectivity index (χ0n) is 17.0. The fourth-order valence-electron chi connectivity index (χ4n) is 2.73. The van der Waals surface area contributed by atoms with Crippen LogP contribution in [0.5, 0.6) is 0 Å². The molecule has 0 spiro atoms. The average Bonchev–Trinajstić information content (AvgIpc) is 3.15. The van der Waals surface area contributed by atoms with E-state index in [1.54, 1.807) is 20.8 Å². The summed E-state index contributed by atoms with van der Waals surface area (Å²) in [5.74, 6) is -1.65. The minimum atomic E-state index is -3.68. The molecule has 0 saturated carbocycles. The van der Waals surface area contributed by atoms with Gasteiger partial charge in [-0.3, -0.25) is 10.1 Å². The van der Waals surface area contributed by atoms with E-state index in [1.807, 2.05) is 0 Å². The maximum Gasteiger partial charge on any atom is 0.338 e. The van der Waals surface area contributed by atoms with Crippen molar-refractivity contribution in [1.29, 1.82) is 0 Å². The first-order chi connectivity index (χ1) is 13.4. The summed E-state index contributed by atoms with van der Waals surface area (Å²) in [6.45, 7) is 7.48. The van der Waals surface area contributed by atoms with Gasteiger partial charge < -0.3 is 10.1 Å². The number of nitrogens with one attached hydrogen (secondary N) is 2. The predicted octanol–water partition coefficient (Wildman–Crippen LogP) is 1.64. The smallest absolute Gasteiger partial charge is 0.338 e. The lowest BCUT2D eigenvalue weighted by molar-refractivity contribution is -0.127. The van der Waals surface area contributed by atoms with E-state index in [4.69, 9.17) is 4.74 Å². The van der Waals surface area contributed by atoms with Gasteiger partial charge in [-0.2, -0.15) is 4.31 Å². The molecule has 0 aromatic heterocycles. The topological polar surface area (TPSA) is 122 Å². The van der Waals surface area contributed by atoms with Crippen LogP contribution in [0.4, 0.5) is 4.79 Å². The number of hydrogen-bond acceptors (Lipinski definition) is 6. The van der Waals surface area contributed by atoms with Crippen molar-refractivity contribution < 1.29 is 27.5 Å². The molecule has 29 heavy (non-hydrogen) atoms. The lowest BCUT2D eigenvalue weighted by Crippen LogP contribution is -2.50. The van der Waals surface area contributed by atoms with Gasteiger partial charge in [-0.05, 0) is 58.7 Å². The van der Waals surface area contributed by atoms with Crippen LogP contribution in [0, 0.1) is 0 Å². The van der Waals surface area contributed by atoms with Crippen LogP contribution in [-0.2, 0) is 19.6 Å². The summed E-state index contributed by atoms with van der Waals surface area (Å²) in [5, 5.41) is 4.66. The molecule has 1 fully saturated rings. The zero-order chi connectivity index (χ0) is 21.8. The molecule has 1 aliphatic rings. The molecule has 1 heterocycles. The highest BCUT2D eigenvalue weighted by Crippen LogP contribution is 2.22. The van der Waals surface area contributed by atoms with Gasteiger partial charge in [0.2, 0.25) is 10.0 Å². The minimum Gasteiger partial charge on any atom is -0.449 e. The number of esters is 1. The second-order valence-electron chi connectivity index (χ2n) is 7.88. The molecule has 9 nitrogen and oxygen atoms in total. The third kappa shape index (κ3) is 6.26. The molecular weight excluding hydrogens is 398 g/mol. The van der Waals surface area contributed by atoms with Gasteiger partial charge in [-0.25, -0.2) is 18.0 Å². The lowest BCUT2D eigenvalue weighted by Gasteiger charge is -2.21. The second-order valence-corrected chi connectivity index (χ2v) is 9.82. The van der Waals surface area contributed by atoms with Crippen molar-refractivity contribution in [3.8, 4) is 0 Å². The van der Waals surface area contributed by atoms with Crippen LogP contribution in [0.1, 0.15) is 50.9 Å². The Morgan fingerprint density at radius 2 is 1.76 bits per heavy atom. The Morgan fingerprint density at radius 3 is 2.34 bits per heavy atom. The second kappa shape index (κ2) is 8.91. The van der Waals surface area contributed by atoms with E-state index in [-0.39, 0.29) is 10.5 Å². The van der Waals surface area contributed by atoms with Gasteiger partial charge in [0.25, 0.3) is 5.91 Å². The summed E-state index contributed by atoms with van der Waals surface area (Å²) >= 11 is 0. The summed E-state index contributed by atoms with van der Waals surface area (Å²) in [5.41, 5.74) is -0.532. The first kappa shape index (κ1) is 22.8. The van der Waals surface area contributed by atoms with Gasteiger partial charge in [0.15, 0.2) is 6.10 Å².